The van der Waals surface area contributed by atoms with Gasteiger partial charge in [-0.15, -0.1) is 11.3 Å². The summed E-state index contributed by atoms with van der Waals surface area (Å²) in [6, 6.07) is 11.5. The number of hydrogen-bond acceptors (Lipinski definition) is 5. The number of aromatic nitrogens is 3. The third-order valence-electron chi connectivity index (χ3n) is 5.58. The Morgan fingerprint density at radius 3 is 2.78 bits per heavy atom. The predicted molar refractivity (Wildman–Crippen MR) is 122 cm³/mol. The van der Waals surface area contributed by atoms with Crippen LogP contribution in [0, 0.1) is 12.7 Å². The highest BCUT2D eigenvalue weighted by Crippen LogP contribution is 2.38. The second kappa shape index (κ2) is 7.87. The molecule has 3 heterocycles. The number of aromatic amines is 1. The average Bonchev–Trinajstić information content (AvgIpc) is 3.49. The molecule has 1 aliphatic heterocycles. The van der Waals surface area contributed by atoms with Crippen LogP contribution in [0.4, 0.5) is 4.39 Å². The van der Waals surface area contributed by atoms with Crippen molar-refractivity contribution in [3.63, 3.8) is 0 Å². The van der Waals surface area contributed by atoms with Gasteiger partial charge in [0.05, 0.1) is 34.1 Å². The van der Waals surface area contributed by atoms with E-state index in [-0.39, 0.29) is 17.8 Å². The molecule has 4 aromatic rings. The first kappa shape index (κ1) is 20.4. The Labute approximate surface area is 188 Å². The first-order valence-corrected chi connectivity index (χ1v) is 11.0. The number of amides is 1. The maximum Gasteiger partial charge on any atom is 0.274 e. The van der Waals surface area contributed by atoms with E-state index < -0.39 is 0 Å². The van der Waals surface area contributed by atoms with Gasteiger partial charge >= 0.3 is 0 Å². The van der Waals surface area contributed by atoms with Gasteiger partial charge < -0.3 is 14.6 Å². The maximum absolute atomic E-state index is 13.7. The maximum atomic E-state index is 13.7. The van der Waals surface area contributed by atoms with Crippen molar-refractivity contribution in [1.82, 2.24) is 19.9 Å². The van der Waals surface area contributed by atoms with Crippen molar-refractivity contribution >= 4 is 28.3 Å². The van der Waals surface area contributed by atoms with Crippen molar-refractivity contribution < 1.29 is 13.9 Å². The van der Waals surface area contributed by atoms with E-state index in [0.29, 0.717) is 24.5 Å². The number of benzene rings is 2. The molecular weight excluding hydrogens is 427 g/mol. The molecule has 32 heavy (non-hydrogen) atoms. The fourth-order valence-corrected chi connectivity index (χ4v) is 4.97. The molecule has 0 radical (unpaired) electrons. The Morgan fingerprint density at radius 2 is 2.03 bits per heavy atom. The number of likely N-dealkylation sites (tertiary alicyclic amines) is 1. The number of hydrogen-bond donors (Lipinski definition) is 1. The highest BCUT2D eigenvalue weighted by molar-refractivity contribution is 7.15. The van der Waals surface area contributed by atoms with Gasteiger partial charge in [-0.05, 0) is 43.2 Å². The average molecular weight is 449 g/mol. The normalized spacial score (nSPS) is 16.2. The minimum absolute atomic E-state index is 0.185. The lowest BCUT2D eigenvalue weighted by atomic mass is 10.1. The topological polar surface area (TPSA) is 71.1 Å². The summed E-state index contributed by atoms with van der Waals surface area (Å²) in [4.78, 5) is 28.7. The number of ether oxygens (including phenoxy) is 1. The van der Waals surface area contributed by atoms with Gasteiger partial charge in [-0.2, -0.15) is 0 Å². The van der Waals surface area contributed by atoms with E-state index in [4.69, 9.17) is 9.72 Å². The van der Waals surface area contributed by atoms with Gasteiger partial charge in [-0.25, -0.2) is 14.4 Å². The van der Waals surface area contributed by atoms with Crippen LogP contribution in [0.2, 0.25) is 0 Å². The third-order valence-corrected chi connectivity index (χ3v) is 6.60. The lowest BCUT2D eigenvalue weighted by Gasteiger charge is -2.22. The summed E-state index contributed by atoms with van der Waals surface area (Å²) in [5.41, 5.74) is 3.75. The fraction of sp³-hybridized carbons (Fsp3) is 0.208. The Kier molecular flexibility index (Phi) is 5.01. The van der Waals surface area contributed by atoms with Gasteiger partial charge in [-0.3, -0.25) is 4.79 Å². The van der Waals surface area contributed by atoms with Gasteiger partial charge in [-0.1, -0.05) is 24.3 Å². The zero-order valence-electron chi connectivity index (χ0n) is 17.7. The highest BCUT2D eigenvalue weighted by atomic mass is 32.1. The number of imidazole rings is 1. The van der Waals surface area contributed by atoms with Crippen LogP contribution in [0.15, 0.2) is 54.6 Å². The van der Waals surface area contributed by atoms with E-state index in [2.05, 4.69) is 16.5 Å². The highest BCUT2D eigenvalue weighted by Gasteiger charge is 2.36. The molecule has 1 aliphatic rings. The van der Waals surface area contributed by atoms with Gasteiger partial charge in [0, 0.05) is 12.6 Å². The second-order valence-corrected chi connectivity index (χ2v) is 9.03. The van der Waals surface area contributed by atoms with Crippen molar-refractivity contribution in [2.24, 2.45) is 0 Å². The standard InChI is InChI=1S/C24H21FN4O2S/c1-13-10-20(23-27-18-9-8-17(31-3)11-19(18)28-23)29(12-13)24(30)21-22(32-14(2)26-21)15-4-6-16(25)7-5-15/h4-9,11,20H,1,10,12H2,2-3H3,(H,27,28). The van der Waals surface area contributed by atoms with Gasteiger partial charge in [0.2, 0.25) is 0 Å². The molecule has 1 unspecified atom stereocenters. The Hall–Kier alpha value is -3.52. The molecular formula is C24H21FN4O2S. The van der Waals surface area contributed by atoms with Crippen molar-refractivity contribution in [2.45, 2.75) is 19.4 Å². The molecule has 0 spiro atoms. The summed E-state index contributed by atoms with van der Waals surface area (Å²) >= 11 is 1.43. The molecule has 1 fully saturated rings. The molecule has 162 valence electrons. The minimum atomic E-state index is -0.319. The van der Waals surface area contributed by atoms with E-state index in [1.165, 1.54) is 23.5 Å². The molecule has 1 N–H and O–H groups in total. The van der Waals surface area contributed by atoms with Crippen molar-refractivity contribution in [1.29, 1.82) is 0 Å². The largest absolute Gasteiger partial charge is 0.497 e. The number of H-pyrrole nitrogens is 1. The van der Waals surface area contributed by atoms with Crippen LogP contribution in [0.1, 0.15) is 33.8 Å². The minimum Gasteiger partial charge on any atom is -0.497 e. The van der Waals surface area contributed by atoms with Crippen molar-refractivity contribution in [3.05, 3.63) is 77.0 Å². The summed E-state index contributed by atoms with van der Waals surface area (Å²) < 4.78 is 18.7. The van der Waals surface area contributed by atoms with Crippen molar-refractivity contribution in [3.8, 4) is 16.2 Å². The van der Waals surface area contributed by atoms with E-state index in [1.54, 1.807) is 24.1 Å². The monoisotopic (exact) mass is 448 g/mol. The molecule has 2 aromatic carbocycles. The lowest BCUT2D eigenvalue weighted by Crippen LogP contribution is -2.31. The van der Waals surface area contributed by atoms with Crippen LogP contribution in [-0.4, -0.2) is 39.4 Å². The summed E-state index contributed by atoms with van der Waals surface area (Å²) in [5.74, 6) is 0.935. The molecule has 0 bridgehead atoms. The first-order chi connectivity index (χ1) is 15.4. The number of nitrogens with one attached hydrogen (secondary N) is 1. The second-order valence-electron chi connectivity index (χ2n) is 7.83. The Balaban J connectivity index is 1.52. The Bertz CT molecular complexity index is 1340. The van der Waals surface area contributed by atoms with E-state index in [9.17, 15) is 9.18 Å². The SMILES string of the molecule is C=C1CC(c2nc3ccc(OC)cc3[nH]2)N(C(=O)c2nc(C)sc2-c2ccc(F)cc2)C1. The summed E-state index contributed by atoms with van der Waals surface area (Å²) in [6.45, 7) is 6.41. The van der Waals surface area contributed by atoms with Crippen LogP contribution >= 0.6 is 11.3 Å². The molecule has 5 rings (SSSR count). The smallest absolute Gasteiger partial charge is 0.274 e. The molecule has 6 nitrogen and oxygen atoms in total. The molecule has 1 saturated heterocycles. The van der Waals surface area contributed by atoms with Gasteiger partial charge in [0.15, 0.2) is 0 Å². The number of methoxy groups -OCH3 is 1. The number of carbonyl (C=O) groups excluding carboxylic acids is 1. The van der Waals surface area contributed by atoms with E-state index in [1.807, 2.05) is 25.1 Å². The summed E-state index contributed by atoms with van der Waals surface area (Å²) in [6.07, 6.45) is 0.623. The molecule has 2 aromatic heterocycles. The molecule has 1 atom stereocenters. The number of fused-ring (bicyclic) bond motifs is 1. The molecule has 8 heteroatoms. The molecule has 0 aliphatic carbocycles. The fourth-order valence-electron chi connectivity index (χ4n) is 4.06. The van der Waals surface area contributed by atoms with Crippen LogP contribution in [0.25, 0.3) is 21.5 Å². The Morgan fingerprint density at radius 1 is 1.25 bits per heavy atom. The predicted octanol–water partition coefficient (Wildman–Crippen LogP) is 5.29. The lowest BCUT2D eigenvalue weighted by molar-refractivity contribution is 0.0728. The van der Waals surface area contributed by atoms with E-state index in [0.717, 1.165) is 37.8 Å². The van der Waals surface area contributed by atoms with Gasteiger partial charge in [0.1, 0.15) is 23.1 Å². The zero-order valence-corrected chi connectivity index (χ0v) is 18.5. The molecule has 1 amide bonds. The van der Waals surface area contributed by atoms with Crippen molar-refractivity contribution in [2.75, 3.05) is 13.7 Å². The summed E-state index contributed by atoms with van der Waals surface area (Å²) in [5, 5.41) is 0.776. The number of halogens is 1. The first-order valence-electron chi connectivity index (χ1n) is 10.2. The van der Waals surface area contributed by atoms with E-state index >= 15 is 0 Å². The molecule has 0 saturated carbocycles. The number of aryl methyl sites for hydroxylation is 1. The quantitative estimate of drug-likeness (QED) is 0.431. The number of rotatable bonds is 4. The van der Waals surface area contributed by atoms with Crippen LogP contribution < -0.4 is 4.74 Å². The third kappa shape index (κ3) is 3.56. The zero-order chi connectivity index (χ0) is 22.4. The van der Waals surface area contributed by atoms with Gasteiger partial charge in [0.25, 0.3) is 5.91 Å². The van der Waals surface area contributed by atoms with Crippen LogP contribution in [-0.2, 0) is 0 Å². The van der Waals surface area contributed by atoms with Crippen LogP contribution in [0.3, 0.4) is 0 Å². The summed E-state index contributed by atoms with van der Waals surface area (Å²) in [7, 11) is 1.62. The number of carbonyl (C=O) groups is 1. The number of thiazole rings is 1. The van der Waals surface area contributed by atoms with Crippen LogP contribution in [0.5, 0.6) is 5.75 Å². The number of nitrogens with zero attached hydrogens (tertiary/aromatic N) is 3.